The van der Waals surface area contributed by atoms with Crippen LogP contribution in [0.4, 0.5) is 0 Å². The molecule has 0 aliphatic heterocycles. The van der Waals surface area contributed by atoms with E-state index in [4.69, 9.17) is 4.42 Å². The number of amides is 1. The van der Waals surface area contributed by atoms with Gasteiger partial charge in [0.1, 0.15) is 6.26 Å². The lowest BCUT2D eigenvalue weighted by Gasteiger charge is -2.20. The molecule has 0 radical (unpaired) electrons. The molecule has 1 aromatic carbocycles. The normalized spacial score (nSPS) is 11.6. The first kappa shape index (κ1) is 21.3. The molecule has 0 fully saturated rings. The number of aromatic amines is 1. The summed E-state index contributed by atoms with van der Waals surface area (Å²) in [5, 5.41) is 6.24. The maximum Gasteiger partial charge on any atom is 0.273 e. The maximum absolute atomic E-state index is 12.3. The van der Waals surface area contributed by atoms with Gasteiger partial charge in [0.05, 0.1) is 6.54 Å². The third-order valence-corrected chi connectivity index (χ3v) is 6.01. The molecule has 3 heterocycles. The SMILES string of the molecule is CC(C)CNC(=O)c1coc(CN(CCc2c[nH]c3ccccc23)Cc2cccs2)n1. The number of rotatable bonds is 10. The molecular formula is C24H28N4O2S. The van der Waals surface area contributed by atoms with E-state index in [0.29, 0.717) is 30.6 Å². The molecule has 162 valence electrons. The van der Waals surface area contributed by atoms with Crippen LogP contribution in [-0.4, -0.2) is 33.9 Å². The molecule has 4 rings (SSSR count). The summed E-state index contributed by atoms with van der Waals surface area (Å²) in [7, 11) is 0. The van der Waals surface area contributed by atoms with E-state index in [1.807, 2.05) is 6.07 Å². The van der Waals surface area contributed by atoms with Crippen molar-refractivity contribution in [3.05, 3.63) is 76.3 Å². The largest absolute Gasteiger partial charge is 0.447 e. The van der Waals surface area contributed by atoms with Crippen molar-refractivity contribution in [2.75, 3.05) is 13.1 Å². The summed E-state index contributed by atoms with van der Waals surface area (Å²) in [5.74, 6) is 0.763. The number of fused-ring (bicyclic) bond motifs is 1. The first-order valence-electron chi connectivity index (χ1n) is 10.6. The van der Waals surface area contributed by atoms with E-state index >= 15 is 0 Å². The number of nitrogens with zero attached hydrogens (tertiary/aromatic N) is 2. The number of carbonyl (C=O) groups excluding carboxylic acids is 1. The van der Waals surface area contributed by atoms with Gasteiger partial charge in [-0.1, -0.05) is 38.1 Å². The minimum Gasteiger partial charge on any atom is -0.447 e. The molecule has 0 saturated heterocycles. The third kappa shape index (κ3) is 5.62. The molecular weight excluding hydrogens is 408 g/mol. The van der Waals surface area contributed by atoms with Crippen LogP contribution in [0.25, 0.3) is 10.9 Å². The summed E-state index contributed by atoms with van der Waals surface area (Å²) >= 11 is 1.74. The number of aromatic nitrogens is 2. The van der Waals surface area contributed by atoms with Crippen LogP contribution in [0.3, 0.4) is 0 Å². The number of carbonyl (C=O) groups is 1. The van der Waals surface area contributed by atoms with Crippen molar-refractivity contribution in [2.45, 2.75) is 33.4 Å². The second-order valence-electron chi connectivity index (χ2n) is 8.13. The van der Waals surface area contributed by atoms with Gasteiger partial charge in [0.15, 0.2) is 5.69 Å². The van der Waals surface area contributed by atoms with Gasteiger partial charge in [-0.2, -0.15) is 0 Å². The van der Waals surface area contributed by atoms with E-state index in [9.17, 15) is 4.79 Å². The second-order valence-corrected chi connectivity index (χ2v) is 9.16. The van der Waals surface area contributed by atoms with E-state index in [1.165, 1.54) is 22.1 Å². The van der Waals surface area contributed by atoms with Gasteiger partial charge in [0, 0.05) is 41.6 Å². The molecule has 0 unspecified atom stereocenters. The summed E-state index contributed by atoms with van der Waals surface area (Å²) < 4.78 is 5.63. The lowest BCUT2D eigenvalue weighted by Crippen LogP contribution is -2.28. The zero-order chi connectivity index (χ0) is 21.6. The highest BCUT2D eigenvalue weighted by atomic mass is 32.1. The zero-order valence-electron chi connectivity index (χ0n) is 17.9. The lowest BCUT2D eigenvalue weighted by atomic mass is 10.1. The Labute approximate surface area is 186 Å². The van der Waals surface area contributed by atoms with Crippen molar-refractivity contribution >= 4 is 28.1 Å². The lowest BCUT2D eigenvalue weighted by molar-refractivity contribution is 0.0944. The highest BCUT2D eigenvalue weighted by Gasteiger charge is 2.16. The molecule has 0 aliphatic rings. The van der Waals surface area contributed by atoms with Gasteiger partial charge < -0.3 is 14.7 Å². The van der Waals surface area contributed by atoms with Crippen molar-refractivity contribution in [2.24, 2.45) is 5.92 Å². The Bertz CT molecular complexity index is 1110. The minimum absolute atomic E-state index is 0.188. The van der Waals surface area contributed by atoms with E-state index in [0.717, 1.165) is 25.0 Å². The molecule has 0 bridgehead atoms. The number of hydrogen-bond donors (Lipinski definition) is 2. The van der Waals surface area contributed by atoms with Crippen LogP contribution in [0.1, 0.15) is 40.7 Å². The van der Waals surface area contributed by atoms with Gasteiger partial charge in [0.25, 0.3) is 5.91 Å². The predicted molar refractivity (Wildman–Crippen MR) is 124 cm³/mol. The van der Waals surface area contributed by atoms with Crippen LogP contribution in [0.5, 0.6) is 0 Å². The molecule has 1 amide bonds. The fourth-order valence-corrected chi connectivity index (χ4v) is 4.27. The zero-order valence-corrected chi connectivity index (χ0v) is 18.7. The van der Waals surface area contributed by atoms with Gasteiger partial charge >= 0.3 is 0 Å². The summed E-state index contributed by atoms with van der Waals surface area (Å²) in [5.41, 5.74) is 2.79. The highest BCUT2D eigenvalue weighted by molar-refractivity contribution is 7.09. The van der Waals surface area contributed by atoms with E-state index in [-0.39, 0.29) is 5.91 Å². The van der Waals surface area contributed by atoms with Crippen LogP contribution < -0.4 is 5.32 Å². The van der Waals surface area contributed by atoms with Crippen molar-refractivity contribution in [3.8, 4) is 0 Å². The van der Waals surface area contributed by atoms with Crippen molar-refractivity contribution in [3.63, 3.8) is 0 Å². The molecule has 6 nitrogen and oxygen atoms in total. The number of nitrogens with one attached hydrogen (secondary N) is 2. The number of hydrogen-bond acceptors (Lipinski definition) is 5. The summed E-state index contributed by atoms with van der Waals surface area (Å²) in [6.45, 7) is 6.97. The van der Waals surface area contributed by atoms with E-state index < -0.39 is 0 Å². The predicted octanol–water partition coefficient (Wildman–Crippen LogP) is 4.85. The Morgan fingerprint density at radius 1 is 1.23 bits per heavy atom. The monoisotopic (exact) mass is 436 g/mol. The number of oxazole rings is 1. The standard InChI is InChI=1S/C24H28N4O2S/c1-17(2)12-26-24(29)22-16-30-23(27-22)15-28(14-19-6-5-11-31-19)10-9-18-13-25-21-8-4-3-7-20(18)21/h3-8,11,13,16-17,25H,9-10,12,14-15H2,1-2H3,(H,26,29). The smallest absolute Gasteiger partial charge is 0.273 e. The number of H-pyrrole nitrogens is 1. The van der Waals surface area contributed by atoms with Gasteiger partial charge in [-0.3, -0.25) is 9.69 Å². The van der Waals surface area contributed by atoms with Gasteiger partial charge in [-0.05, 0) is 35.4 Å². The minimum atomic E-state index is -0.188. The molecule has 0 spiro atoms. The summed E-state index contributed by atoms with van der Waals surface area (Å²) in [4.78, 5) is 23.6. The highest BCUT2D eigenvalue weighted by Crippen LogP contribution is 2.20. The quantitative estimate of drug-likeness (QED) is 0.373. The first-order valence-corrected chi connectivity index (χ1v) is 11.5. The Morgan fingerprint density at radius 2 is 2.10 bits per heavy atom. The Morgan fingerprint density at radius 3 is 2.90 bits per heavy atom. The Balaban J connectivity index is 1.43. The fourth-order valence-electron chi connectivity index (χ4n) is 3.52. The van der Waals surface area contributed by atoms with Crippen LogP contribution in [-0.2, 0) is 19.5 Å². The fraction of sp³-hybridized carbons (Fsp3) is 0.333. The molecule has 0 aliphatic carbocycles. The summed E-state index contributed by atoms with van der Waals surface area (Å²) in [6, 6.07) is 12.6. The average molecular weight is 437 g/mol. The van der Waals surface area contributed by atoms with Gasteiger partial charge in [-0.25, -0.2) is 4.98 Å². The van der Waals surface area contributed by atoms with E-state index in [2.05, 4.69) is 75.9 Å². The second kappa shape index (κ2) is 9.94. The van der Waals surface area contributed by atoms with Crippen molar-refractivity contribution in [1.82, 2.24) is 20.2 Å². The number of benzene rings is 1. The van der Waals surface area contributed by atoms with Gasteiger partial charge in [0.2, 0.25) is 5.89 Å². The van der Waals surface area contributed by atoms with Crippen LogP contribution in [0.15, 0.2) is 58.7 Å². The van der Waals surface area contributed by atoms with Gasteiger partial charge in [-0.15, -0.1) is 11.3 Å². The van der Waals surface area contributed by atoms with Crippen molar-refractivity contribution in [1.29, 1.82) is 0 Å². The maximum atomic E-state index is 12.3. The number of para-hydroxylation sites is 1. The first-order chi connectivity index (χ1) is 15.1. The van der Waals surface area contributed by atoms with Crippen molar-refractivity contribution < 1.29 is 9.21 Å². The molecule has 2 N–H and O–H groups in total. The number of thiophene rings is 1. The van der Waals surface area contributed by atoms with Crippen LogP contribution in [0, 0.1) is 5.92 Å². The molecule has 0 saturated carbocycles. The molecule has 0 atom stereocenters. The molecule has 31 heavy (non-hydrogen) atoms. The molecule has 4 aromatic rings. The molecule has 7 heteroatoms. The Hall–Kier alpha value is -2.90. The van der Waals surface area contributed by atoms with Crippen LogP contribution >= 0.6 is 11.3 Å². The average Bonchev–Trinajstić information content (AvgIpc) is 3.51. The Kier molecular flexibility index (Phi) is 6.84. The topological polar surface area (TPSA) is 74.2 Å². The third-order valence-electron chi connectivity index (χ3n) is 5.15. The van der Waals surface area contributed by atoms with Crippen LogP contribution in [0.2, 0.25) is 0 Å². The van der Waals surface area contributed by atoms with E-state index in [1.54, 1.807) is 11.3 Å². The molecule has 3 aromatic heterocycles. The summed E-state index contributed by atoms with van der Waals surface area (Å²) in [6.07, 6.45) is 4.46.